The molecule has 0 radical (unpaired) electrons. The van der Waals surface area contributed by atoms with Crippen molar-refractivity contribution >= 4 is 17.5 Å². The molecular formula is C19H23F3N2O2. The van der Waals surface area contributed by atoms with Crippen molar-refractivity contribution in [2.45, 2.75) is 57.2 Å². The van der Waals surface area contributed by atoms with E-state index in [0.717, 1.165) is 37.8 Å². The second-order valence-corrected chi connectivity index (χ2v) is 7.16. The predicted octanol–water partition coefficient (Wildman–Crippen LogP) is 4.22. The van der Waals surface area contributed by atoms with Crippen molar-refractivity contribution in [1.29, 1.82) is 0 Å². The fraction of sp³-hybridized carbons (Fsp3) is 0.579. The molecule has 3 rings (SSSR count). The van der Waals surface area contributed by atoms with Crippen LogP contribution < -0.4 is 5.32 Å². The second kappa shape index (κ2) is 7.68. The van der Waals surface area contributed by atoms with Crippen molar-refractivity contribution in [2.24, 2.45) is 5.92 Å². The van der Waals surface area contributed by atoms with Gasteiger partial charge in [0.1, 0.15) is 0 Å². The monoisotopic (exact) mass is 368 g/mol. The highest BCUT2D eigenvalue weighted by molar-refractivity contribution is 5.97. The van der Waals surface area contributed by atoms with Gasteiger partial charge in [-0.15, -0.1) is 0 Å². The molecule has 0 spiro atoms. The summed E-state index contributed by atoms with van der Waals surface area (Å²) in [7, 11) is 0. The quantitative estimate of drug-likeness (QED) is 0.813. The topological polar surface area (TPSA) is 49.4 Å². The Morgan fingerprint density at radius 2 is 1.81 bits per heavy atom. The lowest BCUT2D eigenvalue weighted by Gasteiger charge is -2.27. The zero-order valence-corrected chi connectivity index (χ0v) is 14.5. The minimum atomic E-state index is -4.46. The van der Waals surface area contributed by atoms with E-state index in [9.17, 15) is 22.8 Å². The van der Waals surface area contributed by atoms with Crippen LogP contribution in [0.1, 0.15) is 50.5 Å². The molecule has 1 saturated heterocycles. The number of nitrogens with zero attached hydrogens (tertiary/aromatic N) is 1. The molecule has 1 N–H and O–H groups in total. The van der Waals surface area contributed by atoms with Crippen LogP contribution in [-0.4, -0.2) is 29.3 Å². The third-order valence-corrected chi connectivity index (χ3v) is 5.25. The number of carbonyl (C=O) groups excluding carboxylic acids is 2. The minimum absolute atomic E-state index is 0.0268. The molecule has 1 atom stereocenters. The average Bonchev–Trinajstić information content (AvgIpc) is 2.80. The van der Waals surface area contributed by atoms with Crippen LogP contribution in [0.2, 0.25) is 0 Å². The van der Waals surface area contributed by atoms with Gasteiger partial charge < -0.3 is 10.2 Å². The van der Waals surface area contributed by atoms with Crippen LogP contribution in [0, 0.1) is 5.92 Å². The van der Waals surface area contributed by atoms with Gasteiger partial charge in [-0.2, -0.15) is 13.2 Å². The molecule has 1 heterocycles. The number of likely N-dealkylation sites (tertiary alicyclic amines) is 1. The summed E-state index contributed by atoms with van der Waals surface area (Å²) < 4.78 is 38.4. The number of alkyl halides is 3. The number of hydrogen-bond acceptors (Lipinski definition) is 2. The average molecular weight is 368 g/mol. The summed E-state index contributed by atoms with van der Waals surface area (Å²) in [6.07, 6.45) is 2.14. The first-order chi connectivity index (χ1) is 12.3. The number of carbonyl (C=O) groups is 2. The van der Waals surface area contributed by atoms with Gasteiger partial charge in [-0.25, -0.2) is 0 Å². The van der Waals surface area contributed by atoms with E-state index in [-0.39, 0.29) is 24.1 Å². The summed E-state index contributed by atoms with van der Waals surface area (Å²) in [5, 5.41) is 2.53. The largest absolute Gasteiger partial charge is 0.416 e. The Kier molecular flexibility index (Phi) is 5.53. The van der Waals surface area contributed by atoms with Crippen molar-refractivity contribution in [3.8, 4) is 0 Å². The lowest BCUT2D eigenvalue weighted by molar-refractivity contribution is -0.137. The molecule has 1 aromatic carbocycles. The van der Waals surface area contributed by atoms with Gasteiger partial charge in [-0.3, -0.25) is 9.59 Å². The Hall–Kier alpha value is -2.05. The van der Waals surface area contributed by atoms with E-state index in [1.807, 2.05) is 4.90 Å². The summed E-state index contributed by atoms with van der Waals surface area (Å²) in [6, 6.07) is 4.75. The van der Waals surface area contributed by atoms with Crippen LogP contribution in [0.15, 0.2) is 24.3 Å². The Bertz CT molecular complexity index is 667. The third kappa shape index (κ3) is 4.37. The van der Waals surface area contributed by atoms with Crippen LogP contribution in [0.3, 0.4) is 0 Å². The van der Waals surface area contributed by atoms with Crippen molar-refractivity contribution in [3.63, 3.8) is 0 Å². The van der Waals surface area contributed by atoms with Crippen molar-refractivity contribution in [3.05, 3.63) is 29.8 Å². The molecule has 1 aromatic rings. The summed E-state index contributed by atoms with van der Waals surface area (Å²) in [4.78, 5) is 26.6. The molecule has 142 valence electrons. The smallest absolute Gasteiger partial charge is 0.339 e. The fourth-order valence-corrected chi connectivity index (χ4v) is 3.85. The number of halogens is 3. The minimum Gasteiger partial charge on any atom is -0.339 e. The molecule has 1 aliphatic heterocycles. The van der Waals surface area contributed by atoms with E-state index >= 15 is 0 Å². The van der Waals surface area contributed by atoms with Crippen LogP contribution >= 0.6 is 0 Å². The molecule has 0 aromatic heterocycles. The maximum Gasteiger partial charge on any atom is 0.416 e. The van der Waals surface area contributed by atoms with E-state index in [0.29, 0.717) is 6.54 Å². The number of nitrogens with one attached hydrogen (secondary N) is 1. The summed E-state index contributed by atoms with van der Waals surface area (Å²) in [5.74, 6) is -0.935. The van der Waals surface area contributed by atoms with E-state index in [4.69, 9.17) is 0 Å². The van der Waals surface area contributed by atoms with Gasteiger partial charge in [-0.05, 0) is 31.0 Å². The highest BCUT2D eigenvalue weighted by Crippen LogP contribution is 2.32. The lowest BCUT2D eigenvalue weighted by atomic mass is 10.1. The molecule has 2 aliphatic rings. The molecular weight excluding hydrogens is 345 g/mol. The van der Waals surface area contributed by atoms with Crippen molar-refractivity contribution in [2.75, 3.05) is 11.9 Å². The van der Waals surface area contributed by atoms with Gasteiger partial charge >= 0.3 is 6.18 Å². The zero-order chi connectivity index (χ0) is 18.7. The van der Waals surface area contributed by atoms with E-state index in [2.05, 4.69) is 5.32 Å². The normalized spacial score (nSPS) is 22.3. The summed E-state index contributed by atoms with van der Waals surface area (Å²) in [5.41, 5.74) is -0.705. The molecule has 0 bridgehead atoms. The van der Waals surface area contributed by atoms with E-state index in [1.165, 1.54) is 25.0 Å². The van der Waals surface area contributed by atoms with Crippen LogP contribution in [-0.2, 0) is 15.8 Å². The Labute approximate surface area is 150 Å². The van der Waals surface area contributed by atoms with E-state index < -0.39 is 23.6 Å². The molecule has 1 saturated carbocycles. The molecule has 7 heteroatoms. The van der Waals surface area contributed by atoms with Crippen molar-refractivity contribution < 1.29 is 22.8 Å². The molecule has 1 unspecified atom stereocenters. The fourth-order valence-electron chi connectivity index (χ4n) is 3.85. The first-order valence-electron chi connectivity index (χ1n) is 9.12. The molecule has 4 nitrogen and oxygen atoms in total. The Balaban J connectivity index is 1.63. The standard InChI is InChI=1S/C19H23F3N2O2/c20-19(21,22)14-6-5-7-15(11-14)23-18(26)13-10-17(25)24(12-13)16-8-3-1-2-4-9-16/h5-7,11,13,16H,1-4,8-10,12H2,(H,23,26). The predicted molar refractivity (Wildman–Crippen MR) is 91.4 cm³/mol. The zero-order valence-electron chi connectivity index (χ0n) is 14.5. The van der Waals surface area contributed by atoms with Crippen LogP contribution in [0.4, 0.5) is 18.9 Å². The number of amides is 2. The Morgan fingerprint density at radius 3 is 2.46 bits per heavy atom. The van der Waals surface area contributed by atoms with Crippen LogP contribution in [0.5, 0.6) is 0 Å². The van der Waals surface area contributed by atoms with Gasteiger partial charge in [0, 0.05) is 24.7 Å². The SMILES string of the molecule is O=C(Nc1cccc(C(F)(F)F)c1)C1CC(=O)N(C2CCCCCC2)C1. The Morgan fingerprint density at radius 1 is 1.12 bits per heavy atom. The van der Waals surface area contributed by atoms with Crippen LogP contribution in [0.25, 0.3) is 0 Å². The summed E-state index contributed by atoms with van der Waals surface area (Å²) >= 11 is 0. The molecule has 2 amide bonds. The van der Waals surface area contributed by atoms with Crippen molar-refractivity contribution in [1.82, 2.24) is 4.90 Å². The van der Waals surface area contributed by atoms with Gasteiger partial charge in [0.25, 0.3) is 0 Å². The first kappa shape index (κ1) is 18.7. The summed E-state index contributed by atoms with van der Waals surface area (Å²) in [6.45, 7) is 0.355. The number of benzene rings is 1. The molecule has 26 heavy (non-hydrogen) atoms. The maximum absolute atomic E-state index is 12.8. The van der Waals surface area contributed by atoms with Gasteiger partial charge in [-0.1, -0.05) is 31.7 Å². The molecule has 1 aliphatic carbocycles. The lowest BCUT2D eigenvalue weighted by Crippen LogP contribution is -2.37. The molecule has 2 fully saturated rings. The van der Waals surface area contributed by atoms with E-state index in [1.54, 1.807) is 0 Å². The second-order valence-electron chi connectivity index (χ2n) is 7.16. The van der Waals surface area contributed by atoms with Gasteiger partial charge in [0.05, 0.1) is 11.5 Å². The first-order valence-corrected chi connectivity index (χ1v) is 9.12. The highest BCUT2D eigenvalue weighted by Gasteiger charge is 2.38. The highest BCUT2D eigenvalue weighted by atomic mass is 19.4. The number of hydrogen-bond donors (Lipinski definition) is 1. The van der Waals surface area contributed by atoms with Gasteiger partial charge in [0.2, 0.25) is 11.8 Å². The number of rotatable bonds is 3. The van der Waals surface area contributed by atoms with Gasteiger partial charge in [0.15, 0.2) is 0 Å². The number of anilines is 1. The maximum atomic E-state index is 12.8. The third-order valence-electron chi connectivity index (χ3n) is 5.25.